The highest BCUT2D eigenvalue weighted by Crippen LogP contribution is 2.37. The van der Waals surface area contributed by atoms with E-state index in [0.717, 1.165) is 5.56 Å². The molecule has 2 aromatic carbocycles. The van der Waals surface area contributed by atoms with E-state index in [9.17, 15) is 31.1 Å². The summed E-state index contributed by atoms with van der Waals surface area (Å²) in [6, 6.07) is 16.7. The zero-order valence-electron chi connectivity index (χ0n) is 23.6. The number of amides is 1. The van der Waals surface area contributed by atoms with Crippen LogP contribution in [0.15, 0.2) is 89.7 Å². The topological polar surface area (TPSA) is 76.2 Å². The molecule has 0 radical (unpaired) electrons. The Balaban J connectivity index is 1.31. The number of halogens is 6. The van der Waals surface area contributed by atoms with Gasteiger partial charge >= 0.3 is 12.4 Å². The number of alkyl halides is 6. The first-order valence-electron chi connectivity index (χ1n) is 14.2. The van der Waals surface area contributed by atoms with E-state index in [2.05, 4.69) is 10.3 Å². The number of piperidine rings is 1. The lowest BCUT2D eigenvalue weighted by Gasteiger charge is -2.40. The predicted octanol–water partition coefficient (Wildman–Crippen LogP) is 7.44. The van der Waals surface area contributed by atoms with Gasteiger partial charge in [-0.15, -0.1) is 0 Å². The van der Waals surface area contributed by atoms with Crippen LogP contribution >= 0.6 is 0 Å². The van der Waals surface area contributed by atoms with Crippen LogP contribution in [0.1, 0.15) is 45.7 Å². The van der Waals surface area contributed by atoms with Gasteiger partial charge in [0.2, 0.25) is 5.95 Å². The summed E-state index contributed by atoms with van der Waals surface area (Å²) in [6.45, 7) is 0.451. The molecule has 234 valence electrons. The van der Waals surface area contributed by atoms with E-state index in [-0.39, 0.29) is 18.7 Å². The molecule has 1 N–H and O–H groups in total. The normalized spacial score (nSPS) is 17.5. The Morgan fingerprint density at radius 1 is 0.933 bits per heavy atom. The van der Waals surface area contributed by atoms with Gasteiger partial charge in [-0.1, -0.05) is 30.3 Å². The number of benzene rings is 2. The molecule has 1 saturated heterocycles. The highest BCUT2D eigenvalue weighted by Gasteiger charge is 2.39. The van der Waals surface area contributed by atoms with Gasteiger partial charge in [0.1, 0.15) is 11.3 Å². The number of aromatic nitrogens is 3. The number of rotatable bonds is 7. The van der Waals surface area contributed by atoms with Gasteiger partial charge in [0, 0.05) is 30.4 Å². The fourth-order valence-corrected chi connectivity index (χ4v) is 5.73. The van der Waals surface area contributed by atoms with E-state index in [1.165, 1.54) is 4.90 Å². The summed E-state index contributed by atoms with van der Waals surface area (Å²) in [5.74, 6) is 0.320. The van der Waals surface area contributed by atoms with Crippen molar-refractivity contribution in [1.82, 2.24) is 19.4 Å². The maximum absolute atomic E-state index is 13.7. The molecule has 5 aromatic rings. The number of anilines is 1. The second-order valence-electron chi connectivity index (χ2n) is 10.9. The number of fused-ring (bicyclic) bond motifs is 1. The Bertz CT molecular complexity index is 1750. The maximum atomic E-state index is 13.7. The van der Waals surface area contributed by atoms with Crippen LogP contribution in [0, 0.1) is 0 Å². The molecule has 3 aromatic heterocycles. The molecule has 0 aliphatic carbocycles. The maximum Gasteiger partial charge on any atom is 0.416 e. The number of furan rings is 1. The second kappa shape index (κ2) is 11.9. The predicted molar refractivity (Wildman–Crippen MR) is 153 cm³/mol. The van der Waals surface area contributed by atoms with Crippen molar-refractivity contribution in [2.45, 2.75) is 50.2 Å². The molecule has 45 heavy (non-hydrogen) atoms. The lowest BCUT2D eigenvalue weighted by atomic mass is 9.91. The number of nitrogens with one attached hydrogen (secondary N) is 1. The van der Waals surface area contributed by atoms with Crippen molar-refractivity contribution in [1.29, 1.82) is 0 Å². The molecule has 1 aliphatic rings. The minimum Gasteiger partial charge on any atom is -0.467 e. The molecule has 0 spiro atoms. The first-order valence-corrected chi connectivity index (χ1v) is 14.2. The minimum absolute atomic E-state index is 0.0258. The SMILES string of the molecule is O=C(c1cc(C(F)(F)F)cc(C(F)(F)F)c1)N1CC[C@H](Nc2nc3cccnc3n2Cc2ccco2)C[C@@H]1Cc1ccccc1. The van der Waals surface area contributed by atoms with Crippen LogP contribution in [-0.4, -0.2) is 44.0 Å². The van der Waals surface area contributed by atoms with Crippen LogP contribution in [0.25, 0.3) is 11.2 Å². The van der Waals surface area contributed by atoms with Crippen molar-refractivity contribution in [3.63, 3.8) is 0 Å². The fraction of sp³-hybridized carbons (Fsp3) is 0.281. The monoisotopic (exact) mass is 627 g/mol. The van der Waals surface area contributed by atoms with E-state index >= 15 is 0 Å². The molecule has 0 bridgehead atoms. The molecule has 1 aliphatic heterocycles. The molecular weight excluding hydrogens is 600 g/mol. The summed E-state index contributed by atoms with van der Waals surface area (Å²) in [7, 11) is 0. The van der Waals surface area contributed by atoms with Gasteiger partial charge in [-0.2, -0.15) is 26.3 Å². The summed E-state index contributed by atoms with van der Waals surface area (Å²) in [5, 5.41) is 3.46. The van der Waals surface area contributed by atoms with Gasteiger partial charge < -0.3 is 14.6 Å². The fourth-order valence-electron chi connectivity index (χ4n) is 5.73. The summed E-state index contributed by atoms with van der Waals surface area (Å²) in [5.41, 5.74) is -1.55. The largest absolute Gasteiger partial charge is 0.467 e. The van der Waals surface area contributed by atoms with Crippen molar-refractivity contribution >= 4 is 23.0 Å². The van der Waals surface area contributed by atoms with Gasteiger partial charge in [-0.3, -0.25) is 9.36 Å². The third-order valence-corrected chi connectivity index (χ3v) is 7.86. The smallest absolute Gasteiger partial charge is 0.416 e. The van der Waals surface area contributed by atoms with Crippen molar-refractivity contribution in [2.24, 2.45) is 0 Å². The van der Waals surface area contributed by atoms with Crippen molar-refractivity contribution < 1.29 is 35.6 Å². The molecule has 1 amide bonds. The summed E-state index contributed by atoms with van der Waals surface area (Å²) in [6.07, 6.45) is -5.82. The standard InChI is InChI=1S/C32H27F6N5O2/c33-31(34,35)22-15-21(16-23(17-22)32(36,37)38)29(44)42-12-10-24(18-25(42)14-20-6-2-1-3-7-20)40-30-41-27-9-4-11-39-28(27)43(30)19-26-8-5-13-45-26/h1-9,11,13,15-17,24-25H,10,12,14,18-19H2,(H,40,41)/t24-,25-/m0/s1. The van der Waals surface area contributed by atoms with E-state index in [1.54, 1.807) is 24.6 Å². The van der Waals surface area contributed by atoms with E-state index in [4.69, 9.17) is 9.40 Å². The Kier molecular flexibility index (Phi) is 8.02. The van der Waals surface area contributed by atoms with Crippen molar-refractivity contribution in [3.05, 3.63) is 113 Å². The van der Waals surface area contributed by atoms with Crippen LogP contribution in [0.5, 0.6) is 0 Å². The number of imidazole rings is 1. The zero-order valence-corrected chi connectivity index (χ0v) is 23.6. The molecule has 1 fully saturated rings. The third kappa shape index (κ3) is 6.66. The van der Waals surface area contributed by atoms with E-state index in [0.29, 0.717) is 60.8 Å². The highest BCUT2D eigenvalue weighted by atomic mass is 19.4. The first-order chi connectivity index (χ1) is 21.5. The average Bonchev–Trinajstić information content (AvgIpc) is 3.65. The molecular formula is C32H27F6N5O2. The molecule has 6 rings (SSSR count). The lowest BCUT2D eigenvalue weighted by molar-refractivity contribution is -0.143. The van der Waals surface area contributed by atoms with Crippen molar-refractivity contribution in [3.8, 4) is 0 Å². The van der Waals surface area contributed by atoms with Gasteiger partial charge in [-0.25, -0.2) is 9.97 Å². The van der Waals surface area contributed by atoms with Crippen LogP contribution in [0.4, 0.5) is 32.3 Å². The van der Waals surface area contributed by atoms with Crippen LogP contribution in [0.2, 0.25) is 0 Å². The number of nitrogens with zero attached hydrogens (tertiary/aromatic N) is 4. The second-order valence-corrected chi connectivity index (χ2v) is 10.9. The number of carbonyl (C=O) groups excluding carboxylic acids is 1. The summed E-state index contributed by atoms with van der Waals surface area (Å²) >= 11 is 0. The van der Waals surface area contributed by atoms with Gasteiger partial charge in [0.15, 0.2) is 5.65 Å². The number of hydrogen-bond donors (Lipinski definition) is 1. The van der Waals surface area contributed by atoms with Crippen molar-refractivity contribution in [2.75, 3.05) is 11.9 Å². The number of likely N-dealkylation sites (tertiary alicyclic amines) is 1. The van der Waals surface area contributed by atoms with Gasteiger partial charge in [-0.05, 0) is 67.3 Å². The molecule has 4 heterocycles. The van der Waals surface area contributed by atoms with Gasteiger partial charge in [0.25, 0.3) is 5.91 Å². The number of hydrogen-bond acceptors (Lipinski definition) is 5. The minimum atomic E-state index is -5.06. The third-order valence-electron chi connectivity index (χ3n) is 7.86. The molecule has 7 nitrogen and oxygen atoms in total. The van der Waals surface area contributed by atoms with Gasteiger partial charge in [0.05, 0.1) is 23.9 Å². The average molecular weight is 628 g/mol. The summed E-state index contributed by atoms with van der Waals surface area (Å²) < 4.78 is 88.9. The van der Waals surface area contributed by atoms with Crippen LogP contribution in [0.3, 0.4) is 0 Å². The van der Waals surface area contributed by atoms with E-state index < -0.39 is 41.0 Å². The number of carbonyl (C=O) groups is 1. The van der Waals surface area contributed by atoms with Crippen LogP contribution in [-0.2, 0) is 25.3 Å². The molecule has 0 saturated carbocycles. The van der Waals surface area contributed by atoms with Crippen LogP contribution < -0.4 is 5.32 Å². The Labute approximate surface area is 253 Å². The highest BCUT2D eigenvalue weighted by molar-refractivity contribution is 5.95. The molecule has 13 heteroatoms. The Hall–Kier alpha value is -4.81. The lowest BCUT2D eigenvalue weighted by Crippen LogP contribution is -2.50. The zero-order chi connectivity index (χ0) is 31.8. The quantitative estimate of drug-likeness (QED) is 0.190. The van der Waals surface area contributed by atoms with E-state index in [1.807, 2.05) is 47.0 Å². The Morgan fingerprint density at radius 2 is 1.67 bits per heavy atom. The molecule has 0 unspecified atom stereocenters. The first kappa shape index (κ1) is 30.2. The molecule has 2 atom stereocenters. The number of pyridine rings is 1. The summed E-state index contributed by atoms with van der Waals surface area (Å²) in [4.78, 5) is 24.3. The Morgan fingerprint density at radius 3 is 2.33 bits per heavy atom.